The van der Waals surface area contributed by atoms with Gasteiger partial charge < -0.3 is 0 Å². The lowest BCUT2D eigenvalue weighted by atomic mass is 9.52. The van der Waals surface area contributed by atoms with E-state index in [4.69, 9.17) is 0 Å². The van der Waals surface area contributed by atoms with Crippen molar-refractivity contribution in [1.82, 2.24) is 0 Å². The molecular weight excluding hydrogens is 189 g/mol. The lowest BCUT2D eigenvalue weighted by Gasteiger charge is -2.54. The molecule has 0 amide bonds. The van der Waals surface area contributed by atoms with E-state index in [0.29, 0.717) is 19.3 Å². The molecule has 1 fully saturated rings. The number of hydrogen-bond donors (Lipinski definition) is 0. The van der Waals surface area contributed by atoms with Crippen molar-refractivity contribution in [3.8, 4) is 0 Å². The van der Waals surface area contributed by atoms with Gasteiger partial charge in [-0.05, 0) is 24.7 Å². The summed E-state index contributed by atoms with van der Waals surface area (Å²) in [6, 6.07) is 0. The van der Waals surface area contributed by atoms with E-state index in [0.717, 1.165) is 12.8 Å². The van der Waals surface area contributed by atoms with Gasteiger partial charge in [0.25, 0.3) is 0 Å². The fourth-order valence-corrected chi connectivity index (χ4v) is 2.74. The molecule has 0 nitrogen and oxygen atoms in total. The Morgan fingerprint density at radius 1 is 1.14 bits per heavy atom. The second-order valence-electron chi connectivity index (χ2n) is 5.07. The van der Waals surface area contributed by atoms with E-state index >= 15 is 0 Å². The first-order chi connectivity index (χ1) is 6.27. The summed E-state index contributed by atoms with van der Waals surface area (Å²) >= 11 is 0. The molecule has 0 aromatic carbocycles. The number of hydrogen-bond acceptors (Lipinski definition) is 0. The fraction of sp³-hybridized carbons (Fsp3) is 1.00. The summed E-state index contributed by atoms with van der Waals surface area (Å²) in [6.45, 7) is 5.48. The molecule has 84 valence electrons. The maximum atomic E-state index is 13.0. The highest BCUT2D eigenvalue weighted by molar-refractivity contribution is 5.03. The van der Waals surface area contributed by atoms with Crippen LogP contribution in [0.2, 0.25) is 0 Å². The highest BCUT2D eigenvalue weighted by Crippen LogP contribution is 2.63. The Morgan fingerprint density at radius 2 is 1.64 bits per heavy atom. The molecular formula is C11H19F3. The molecule has 0 heterocycles. The molecule has 0 N–H and O–H groups in total. The predicted octanol–water partition coefficient (Wildman–Crippen LogP) is 4.55. The summed E-state index contributed by atoms with van der Waals surface area (Å²) in [6.07, 6.45) is -1.17. The molecule has 1 saturated carbocycles. The van der Waals surface area contributed by atoms with Crippen LogP contribution in [0.1, 0.15) is 52.9 Å². The van der Waals surface area contributed by atoms with Gasteiger partial charge in [-0.3, -0.25) is 0 Å². The lowest BCUT2D eigenvalue weighted by molar-refractivity contribution is -0.290. The van der Waals surface area contributed by atoms with E-state index in [2.05, 4.69) is 0 Å². The van der Waals surface area contributed by atoms with Gasteiger partial charge in [-0.2, -0.15) is 13.2 Å². The molecule has 0 radical (unpaired) electrons. The van der Waals surface area contributed by atoms with E-state index in [9.17, 15) is 13.2 Å². The van der Waals surface area contributed by atoms with E-state index in [-0.39, 0.29) is 0 Å². The highest BCUT2D eigenvalue weighted by atomic mass is 19.4. The monoisotopic (exact) mass is 208 g/mol. The number of halogens is 3. The van der Waals surface area contributed by atoms with E-state index in [1.807, 2.05) is 6.92 Å². The lowest BCUT2D eigenvalue weighted by Crippen LogP contribution is -2.53. The van der Waals surface area contributed by atoms with E-state index in [1.54, 1.807) is 13.8 Å². The van der Waals surface area contributed by atoms with Gasteiger partial charge in [0.1, 0.15) is 0 Å². The minimum Gasteiger partial charge on any atom is -0.170 e. The van der Waals surface area contributed by atoms with Crippen LogP contribution in [0.25, 0.3) is 0 Å². The van der Waals surface area contributed by atoms with Crippen molar-refractivity contribution in [3.05, 3.63) is 0 Å². The van der Waals surface area contributed by atoms with E-state index < -0.39 is 17.0 Å². The maximum Gasteiger partial charge on any atom is 0.395 e. The average Bonchev–Trinajstić information content (AvgIpc) is 1.76. The van der Waals surface area contributed by atoms with Gasteiger partial charge in [0, 0.05) is 0 Å². The molecule has 14 heavy (non-hydrogen) atoms. The Bertz CT molecular complexity index is 199. The molecule has 1 aliphatic carbocycles. The Hall–Kier alpha value is -0.210. The van der Waals surface area contributed by atoms with Crippen LogP contribution in [-0.2, 0) is 0 Å². The first-order valence-electron chi connectivity index (χ1n) is 5.33. The Balaban J connectivity index is 2.90. The molecule has 0 atom stereocenters. The summed E-state index contributed by atoms with van der Waals surface area (Å²) in [4.78, 5) is 0. The molecule has 0 aromatic heterocycles. The van der Waals surface area contributed by atoms with Crippen molar-refractivity contribution in [1.29, 1.82) is 0 Å². The number of alkyl halides is 3. The zero-order valence-electron chi connectivity index (χ0n) is 9.17. The Kier molecular flexibility index (Phi) is 2.90. The third kappa shape index (κ3) is 1.55. The molecule has 0 bridgehead atoms. The van der Waals surface area contributed by atoms with Crippen molar-refractivity contribution in [2.45, 2.75) is 59.1 Å². The van der Waals surface area contributed by atoms with Crippen LogP contribution in [0, 0.1) is 10.8 Å². The zero-order valence-corrected chi connectivity index (χ0v) is 9.17. The maximum absolute atomic E-state index is 13.0. The summed E-state index contributed by atoms with van der Waals surface area (Å²) in [5, 5.41) is 0. The topological polar surface area (TPSA) is 0 Å². The quantitative estimate of drug-likeness (QED) is 0.638. The summed E-state index contributed by atoms with van der Waals surface area (Å²) in [5.74, 6) is 0. The highest BCUT2D eigenvalue weighted by Gasteiger charge is 2.64. The third-order valence-electron chi connectivity index (χ3n) is 3.92. The van der Waals surface area contributed by atoms with E-state index in [1.165, 1.54) is 0 Å². The molecule has 0 spiro atoms. The van der Waals surface area contributed by atoms with Gasteiger partial charge in [0.05, 0.1) is 5.41 Å². The summed E-state index contributed by atoms with van der Waals surface area (Å²) in [5.41, 5.74) is -1.99. The van der Waals surface area contributed by atoms with Crippen molar-refractivity contribution in [2.75, 3.05) is 0 Å². The Morgan fingerprint density at radius 3 is 1.86 bits per heavy atom. The zero-order chi connectivity index (χ0) is 11.0. The predicted molar refractivity (Wildman–Crippen MR) is 51.0 cm³/mol. The van der Waals surface area contributed by atoms with Gasteiger partial charge in [-0.1, -0.05) is 33.6 Å². The molecule has 1 aliphatic rings. The van der Waals surface area contributed by atoms with Gasteiger partial charge >= 0.3 is 6.18 Å². The minimum atomic E-state index is -4.02. The van der Waals surface area contributed by atoms with Gasteiger partial charge in [0.15, 0.2) is 0 Å². The molecule has 0 aliphatic heterocycles. The molecule has 0 aromatic rings. The van der Waals surface area contributed by atoms with Crippen LogP contribution in [0.15, 0.2) is 0 Å². The fourth-order valence-electron chi connectivity index (χ4n) is 2.74. The van der Waals surface area contributed by atoms with Gasteiger partial charge in [-0.15, -0.1) is 0 Å². The van der Waals surface area contributed by atoms with Gasteiger partial charge in [-0.25, -0.2) is 0 Å². The van der Waals surface area contributed by atoms with Crippen LogP contribution in [0.4, 0.5) is 13.2 Å². The SMILES string of the molecule is CCCC(C)(C)C1(C(F)(F)F)CCC1. The largest absolute Gasteiger partial charge is 0.395 e. The molecule has 0 saturated heterocycles. The summed E-state index contributed by atoms with van der Waals surface area (Å²) < 4.78 is 38.9. The first kappa shape index (κ1) is 11.9. The van der Waals surface area contributed by atoms with Gasteiger partial charge in [0.2, 0.25) is 0 Å². The smallest absolute Gasteiger partial charge is 0.170 e. The standard InChI is InChI=1S/C11H19F3/c1-4-6-9(2,3)10(7-5-8-10)11(12,13)14/h4-8H2,1-3H3. The summed E-state index contributed by atoms with van der Waals surface area (Å²) in [7, 11) is 0. The van der Waals surface area contributed by atoms with Crippen LogP contribution in [0.3, 0.4) is 0 Å². The average molecular weight is 208 g/mol. The first-order valence-corrected chi connectivity index (χ1v) is 5.33. The second kappa shape index (κ2) is 3.42. The van der Waals surface area contributed by atoms with Crippen LogP contribution in [-0.4, -0.2) is 6.18 Å². The number of rotatable bonds is 3. The normalized spacial score (nSPS) is 21.9. The molecule has 3 heteroatoms. The van der Waals surface area contributed by atoms with Crippen molar-refractivity contribution < 1.29 is 13.2 Å². The molecule has 0 unspecified atom stereocenters. The van der Waals surface area contributed by atoms with Crippen LogP contribution >= 0.6 is 0 Å². The van der Waals surface area contributed by atoms with Crippen molar-refractivity contribution in [2.24, 2.45) is 10.8 Å². The van der Waals surface area contributed by atoms with Crippen molar-refractivity contribution in [3.63, 3.8) is 0 Å². The van der Waals surface area contributed by atoms with Crippen LogP contribution < -0.4 is 0 Å². The molecule has 1 rings (SSSR count). The Labute approximate surface area is 83.9 Å². The van der Waals surface area contributed by atoms with Crippen LogP contribution in [0.5, 0.6) is 0 Å². The second-order valence-corrected chi connectivity index (χ2v) is 5.07. The minimum absolute atomic E-state index is 0.323. The third-order valence-corrected chi connectivity index (χ3v) is 3.92. The van der Waals surface area contributed by atoms with Crippen molar-refractivity contribution >= 4 is 0 Å².